The van der Waals surface area contributed by atoms with E-state index in [1.54, 1.807) is 6.26 Å². The minimum absolute atomic E-state index is 0.263. The molecule has 2 atom stereocenters. The van der Waals surface area contributed by atoms with Gasteiger partial charge in [0, 0.05) is 6.42 Å². The predicted octanol–water partition coefficient (Wildman–Crippen LogP) is 1.87. The molecule has 5 heteroatoms. The van der Waals surface area contributed by atoms with Gasteiger partial charge in [0.2, 0.25) is 0 Å². The Bertz CT molecular complexity index is 467. The third-order valence-electron chi connectivity index (χ3n) is 3.81. The lowest BCUT2D eigenvalue weighted by molar-refractivity contribution is 0.321. The lowest BCUT2D eigenvalue weighted by Crippen LogP contribution is -2.31. The number of sulfone groups is 1. The van der Waals surface area contributed by atoms with Crippen molar-refractivity contribution in [1.29, 1.82) is 0 Å². The van der Waals surface area contributed by atoms with E-state index in [1.165, 1.54) is 0 Å². The third-order valence-corrected chi connectivity index (χ3v) is 5.60. The summed E-state index contributed by atoms with van der Waals surface area (Å²) < 4.78 is 28.7. The maximum atomic E-state index is 11.6. The molecule has 0 spiro atoms. The second-order valence-corrected chi connectivity index (χ2v) is 7.64. The van der Waals surface area contributed by atoms with Crippen molar-refractivity contribution < 1.29 is 12.8 Å². The van der Waals surface area contributed by atoms with Crippen molar-refractivity contribution in [1.82, 2.24) is 5.32 Å². The highest BCUT2D eigenvalue weighted by molar-refractivity contribution is 7.91. The lowest BCUT2D eigenvalue weighted by atomic mass is 9.88. The van der Waals surface area contributed by atoms with E-state index in [1.807, 2.05) is 12.1 Å². The van der Waals surface area contributed by atoms with E-state index in [-0.39, 0.29) is 5.92 Å². The van der Waals surface area contributed by atoms with Gasteiger partial charge >= 0.3 is 0 Å². The summed E-state index contributed by atoms with van der Waals surface area (Å²) in [6, 6.07) is 3.85. The molecule has 1 aromatic rings. The molecule has 108 valence electrons. The summed E-state index contributed by atoms with van der Waals surface area (Å²) in [5, 5.41) is 3.42. The zero-order valence-electron chi connectivity index (χ0n) is 11.5. The topological polar surface area (TPSA) is 59.3 Å². The first kappa shape index (κ1) is 14.6. The average Bonchev–Trinajstić information content (AvgIpc) is 2.97. The highest BCUT2D eigenvalue weighted by atomic mass is 32.2. The first-order valence-corrected chi connectivity index (χ1v) is 8.86. The third kappa shape index (κ3) is 4.35. The Balaban J connectivity index is 1.97. The van der Waals surface area contributed by atoms with Gasteiger partial charge in [0.1, 0.15) is 5.76 Å². The van der Waals surface area contributed by atoms with Crippen LogP contribution >= 0.6 is 0 Å². The van der Waals surface area contributed by atoms with E-state index in [2.05, 4.69) is 12.2 Å². The molecule has 1 aromatic heterocycles. The second-order valence-electron chi connectivity index (χ2n) is 5.41. The maximum Gasteiger partial charge on any atom is 0.150 e. The minimum Gasteiger partial charge on any atom is -0.469 e. The minimum atomic E-state index is -2.81. The fourth-order valence-corrected chi connectivity index (χ4v) is 4.67. The van der Waals surface area contributed by atoms with E-state index in [0.717, 1.165) is 38.1 Å². The molecular weight excluding hydrogens is 262 g/mol. The van der Waals surface area contributed by atoms with Crippen molar-refractivity contribution in [3.05, 3.63) is 24.2 Å². The van der Waals surface area contributed by atoms with Gasteiger partial charge in [-0.15, -0.1) is 0 Å². The smallest absolute Gasteiger partial charge is 0.150 e. The summed E-state index contributed by atoms with van der Waals surface area (Å²) in [5.41, 5.74) is 0. The summed E-state index contributed by atoms with van der Waals surface area (Å²) in [6.45, 7) is 3.98. The fourth-order valence-electron chi connectivity index (χ4n) is 2.75. The van der Waals surface area contributed by atoms with Crippen molar-refractivity contribution in [3.63, 3.8) is 0 Å². The second kappa shape index (κ2) is 6.57. The van der Waals surface area contributed by atoms with Gasteiger partial charge in [0.05, 0.1) is 17.8 Å². The van der Waals surface area contributed by atoms with Gasteiger partial charge in [-0.25, -0.2) is 8.42 Å². The molecule has 19 heavy (non-hydrogen) atoms. The van der Waals surface area contributed by atoms with Crippen LogP contribution in [0.5, 0.6) is 0 Å². The summed E-state index contributed by atoms with van der Waals surface area (Å²) in [5.74, 6) is 2.24. The van der Waals surface area contributed by atoms with Crippen molar-refractivity contribution in [2.45, 2.75) is 26.2 Å². The van der Waals surface area contributed by atoms with Crippen LogP contribution in [0, 0.1) is 11.8 Å². The Morgan fingerprint density at radius 2 is 2.37 bits per heavy atom. The first-order chi connectivity index (χ1) is 9.11. The van der Waals surface area contributed by atoms with E-state index in [9.17, 15) is 8.42 Å². The van der Waals surface area contributed by atoms with Gasteiger partial charge in [-0.2, -0.15) is 0 Å². The number of furan rings is 1. The standard InChI is InChI=1S/C14H23NO3S/c1-2-6-15-10-13(9-14-4-3-7-18-14)12-5-8-19(16,17)11-12/h3-4,7,12-13,15H,2,5-6,8-11H2,1H3. The maximum absolute atomic E-state index is 11.6. The van der Waals surface area contributed by atoms with Gasteiger partial charge in [0.15, 0.2) is 9.84 Å². The van der Waals surface area contributed by atoms with E-state index in [0.29, 0.717) is 17.4 Å². The highest BCUT2D eigenvalue weighted by Gasteiger charge is 2.33. The lowest BCUT2D eigenvalue weighted by Gasteiger charge is -2.22. The fraction of sp³-hybridized carbons (Fsp3) is 0.714. The van der Waals surface area contributed by atoms with Gasteiger partial charge < -0.3 is 9.73 Å². The van der Waals surface area contributed by atoms with Crippen molar-refractivity contribution >= 4 is 9.84 Å². The molecule has 2 heterocycles. The van der Waals surface area contributed by atoms with Gasteiger partial charge in [-0.3, -0.25) is 0 Å². The molecule has 2 unspecified atom stereocenters. The molecule has 0 saturated carbocycles. The largest absolute Gasteiger partial charge is 0.469 e. The monoisotopic (exact) mass is 285 g/mol. The van der Waals surface area contributed by atoms with Crippen LogP contribution in [0.25, 0.3) is 0 Å². The van der Waals surface area contributed by atoms with Gasteiger partial charge in [-0.05, 0) is 49.9 Å². The summed E-state index contributed by atoms with van der Waals surface area (Å²) in [7, 11) is -2.81. The Morgan fingerprint density at radius 1 is 1.53 bits per heavy atom. The van der Waals surface area contributed by atoms with Crippen LogP contribution in [0.15, 0.2) is 22.8 Å². The van der Waals surface area contributed by atoms with Crippen LogP contribution in [0.1, 0.15) is 25.5 Å². The zero-order valence-corrected chi connectivity index (χ0v) is 12.3. The number of hydrogen-bond donors (Lipinski definition) is 1. The SMILES string of the molecule is CCCNCC(Cc1ccco1)C1CCS(=O)(=O)C1. The van der Waals surface area contributed by atoms with Crippen LogP contribution in [-0.2, 0) is 16.3 Å². The number of nitrogens with one attached hydrogen (secondary N) is 1. The zero-order chi connectivity index (χ0) is 13.7. The molecule has 0 amide bonds. The molecule has 0 radical (unpaired) electrons. The Hall–Kier alpha value is -0.810. The molecule has 0 aromatic carbocycles. The van der Waals surface area contributed by atoms with Crippen LogP contribution in [0.3, 0.4) is 0 Å². The molecule has 1 saturated heterocycles. The molecule has 4 nitrogen and oxygen atoms in total. The van der Waals surface area contributed by atoms with Crippen LogP contribution in [0.4, 0.5) is 0 Å². The Labute approximate surface area is 115 Å². The summed E-state index contributed by atoms with van der Waals surface area (Å²) >= 11 is 0. The molecular formula is C14H23NO3S. The molecule has 0 bridgehead atoms. The highest BCUT2D eigenvalue weighted by Crippen LogP contribution is 2.28. The van der Waals surface area contributed by atoms with Crippen molar-refractivity contribution in [2.24, 2.45) is 11.8 Å². The molecule has 0 aliphatic carbocycles. The van der Waals surface area contributed by atoms with Crippen LogP contribution in [0.2, 0.25) is 0 Å². The summed E-state index contributed by atoms with van der Waals surface area (Å²) in [6.07, 6.45) is 4.39. The molecule has 1 N–H and O–H groups in total. The average molecular weight is 285 g/mol. The van der Waals surface area contributed by atoms with E-state index >= 15 is 0 Å². The van der Waals surface area contributed by atoms with Crippen LogP contribution < -0.4 is 5.32 Å². The number of rotatable bonds is 7. The van der Waals surface area contributed by atoms with Crippen molar-refractivity contribution in [2.75, 3.05) is 24.6 Å². The quantitative estimate of drug-likeness (QED) is 0.777. The van der Waals surface area contributed by atoms with E-state index < -0.39 is 9.84 Å². The predicted molar refractivity (Wildman–Crippen MR) is 75.8 cm³/mol. The molecule has 1 fully saturated rings. The van der Waals surface area contributed by atoms with Crippen LogP contribution in [-0.4, -0.2) is 33.0 Å². The van der Waals surface area contributed by atoms with Gasteiger partial charge in [0.25, 0.3) is 0 Å². The first-order valence-electron chi connectivity index (χ1n) is 7.04. The number of hydrogen-bond acceptors (Lipinski definition) is 4. The molecule has 2 rings (SSSR count). The van der Waals surface area contributed by atoms with Crippen molar-refractivity contribution in [3.8, 4) is 0 Å². The van der Waals surface area contributed by atoms with E-state index in [4.69, 9.17) is 4.42 Å². The molecule has 1 aliphatic heterocycles. The van der Waals surface area contributed by atoms with Gasteiger partial charge in [-0.1, -0.05) is 6.92 Å². The molecule has 1 aliphatic rings. The summed E-state index contributed by atoms with van der Waals surface area (Å²) in [4.78, 5) is 0. The normalized spacial score (nSPS) is 23.5. The Kier molecular flexibility index (Phi) is 5.05. The Morgan fingerprint density at radius 3 is 2.95 bits per heavy atom.